The van der Waals surface area contributed by atoms with Gasteiger partial charge in [-0.2, -0.15) is 0 Å². The highest BCUT2D eigenvalue weighted by Gasteiger charge is 2.26. The predicted octanol–water partition coefficient (Wildman–Crippen LogP) is 2.54. The molecule has 0 aliphatic carbocycles. The van der Waals surface area contributed by atoms with E-state index in [0.29, 0.717) is 12.6 Å². The molecule has 5 nitrogen and oxygen atoms in total. The van der Waals surface area contributed by atoms with Crippen LogP contribution in [-0.2, 0) is 6.54 Å². The van der Waals surface area contributed by atoms with Gasteiger partial charge in [-0.25, -0.2) is 0 Å². The number of non-ortho nitro benzene ring substituents is 1. The van der Waals surface area contributed by atoms with Crippen LogP contribution in [-0.4, -0.2) is 29.0 Å². The monoisotopic (exact) mass is 277 g/mol. The average molecular weight is 277 g/mol. The number of nitrogens with two attached hydrogens (primary N) is 1. The van der Waals surface area contributed by atoms with Crippen molar-refractivity contribution in [2.45, 2.75) is 38.8 Å². The lowest BCUT2D eigenvalue weighted by Gasteiger charge is -2.38. The van der Waals surface area contributed by atoms with Gasteiger partial charge in [0.15, 0.2) is 0 Å². The first-order chi connectivity index (χ1) is 9.63. The van der Waals surface area contributed by atoms with Gasteiger partial charge in [-0.3, -0.25) is 15.0 Å². The van der Waals surface area contributed by atoms with E-state index < -0.39 is 0 Å². The number of rotatable bonds is 5. The summed E-state index contributed by atoms with van der Waals surface area (Å²) in [5, 5.41) is 10.6. The topological polar surface area (TPSA) is 72.4 Å². The predicted molar refractivity (Wildman–Crippen MR) is 79.4 cm³/mol. The van der Waals surface area contributed by atoms with E-state index in [0.717, 1.165) is 24.6 Å². The normalized spacial score (nSPS) is 23.7. The van der Waals surface area contributed by atoms with Crippen LogP contribution in [0.25, 0.3) is 0 Å². The first-order valence-corrected chi connectivity index (χ1v) is 7.31. The minimum Gasteiger partial charge on any atom is -0.329 e. The maximum absolute atomic E-state index is 10.6. The molecule has 1 aliphatic heterocycles. The lowest BCUT2D eigenvalue weighted by molar-refractivity contribution is -0.384. The summed E-state index contributed by atoms with van der Waals surface area (Å²) in [6, 6.07) is 7.27. The van der Waals surface area contributed by atoms with Gasteiger partial charge >= 0.3 is 0 Å². The summed E-state index contributed by atoms with van der Waals surface area (Å²) in [6.07, 6.45) is 3.61. The number of nitrogens with zero attached hydrogens (tertiary/aromatic N) is 2. The van der Waals surface area contributed by atoms with E-state index >= 15 is 0 Å². The fourth-order valence-corrected chi connectivity index (χ4v) is 2.96. The van der Waals surface area contributed by atoms with Crippen molar-refractivity contribution < 1.29 is 4.92 Å². The number of hydrogen-bond acceptors (Lipinski definition) is 4. The molecule has 1 saturated heterocycles. The second-order valence-electron chi connectivity index (χ2n) is 5.58. The van der Waals surface area contributed by atoms with Gasteiger partial charge in [0.05, 0.1) is 4.92 Å². The Hall–Kier alpha value is -1.46. The molecule has 1 aromatic carbocycles. The van der Waals surface area contributed by atoms with Crippen molar-refractivity contribution in [3.8, 4) is 0 Å². The Bertz CT molecular complexity index is 447. The first-order valence-electron chi connectivity index (χ1n) is 7.31. The minimum atomic E-state index is -0.362. The molecule has 0 spiro atoms. The molecule has 0 saturated carbocycles. The number of likely N-dealkylation sites (tertiary alicyclic amines) is 1. The van der Waals surface area contributed by atoms with Gasteiger partial charge in [0, 0.05) is 31.3 Å². The van der Waals surface area contributed by atoms with Crippen molar-refractivity contribution >= 4 is 5.69 Å². The van der Waals surface area contributed by atoms with Crippen LogP contribution < -0.4 is 5.73 Å². The number of piperidine rings is 1. The fourth-order valence-electron chi connectivity index (χ4n) is 2.96. The molecule has 20 heavy (non-hydrogen) atoms. The molecule has 0 radical (unpaired) electrons. The van der Waals surface area contributed by atoms with Crippen molar-refractivity contribution in [3.05, 3.63) is 39.9 Å². The van der Waals surface area contributed by atoms with Crippen LogP contribution in [0.2, 0.25) is 0 Å². The molecule has 0 aromatic heterocycles. The summed E-state index contributed by atoms with van der Waals surface area (Å²) in [6.45, 7) is 4.82. The van der Waals surface area contributed by atoms with Crippen molar-refractivity contribution in [3.63, 3.8) is 0 Å². The lowest BCUT2D eigenvalue weighted by Crippen LogP contribution is -2.45. The van der Waals surface area contributed by atoms with Gasteiger partial charge in [0.25, 0.3) is 5.69 Å². The van der Waals surface area contributed by atoms with Crippen LogP contribution in [0.1, 0.15) is 31.7 Å². The summed E-state index contributed by atoms with van der Waals surface area (Å²) in [7, 11) is 0. The second kappa shape index (κ2) is 6.81. The Balaban J connectivity index is 1.99. The third-order valence-corrected chi connectivity index (χ3v) is 4.33. The SMILES string of the molecule is CCC1CCN(Cc2ccc([N+](=O)[O-])cc2)C(CN)C1. The Morgan fingerprint density at radius 2 is 2.10 bits per heavy atom. The van der Waals surface area contributed by atoms with Crippen molar-refractivity contribution in [1.29, 1.82) is 0 Å². The van der Waals surface area contributed by atoms with Gasteiger partial charge in [0.1, 0.15) is 0 Å². The van der Waals surface area contributed by atoms with E-state index in [1.54, 1.807) is 12.1 Å². The Labute approximate surface area is 119 Å². The van der Waals surface area contributed by atoms with Crippen LogP contribution in [0.3, 0.4) is 0 Å². The molecule has 5 heteroatoms. The quantitative estimate of drug-likeness (QED) is 0.663. The largest absolute Gasteiger partial charge is 0.329 e. The van der Waals surface area contributed by atoms with E-state index in [9.17, 15) is 10.1 Å². The van der Waals surface area contributed by atoms with Gasteiger partial charge in [-0.1, -0.05) is 25.5 Å². The highest BCUT2D eigenvalue weighted by atomic mass is 16.6. The molecule has 1 aliphatic rings. The standard InChI is InChI=1S/C15H23N3O2/c1-2-12-7-8-17(15(9-12)10-16)11-13-3-5-14(6-4-13)18(19)20/h3-6,12,15H,2,7-11,16H2,1H3. The van der Waals surface area contributed by atoms with Crippen molar-refractivity contribution in [2.24, 2.45) is 11.7 Å². The molecule has 2 rings (SSSR count). The zero-order valence-corrected chi connectivity index (χ0v) is 12.0. The molecule has 0 bridgehead atoms. The minimum absolute atomic E-state index is 0.147. The van der Waals surface area contributed by atoms with E-state index in [1.807, 2.05) is 12.1 Å². The van der Waals surface area contributed by atoms with Crippen molar-refractivity contribution in [1.82, 2.24) is 4.90 Å². The van der Waals surface area contributed by atoms with E-state index in [4.69, 9.17) is 5.73 Å². The molecule has 1 heterocycles. The third-order valence-electron chi connectivity index (χ3n) is 4.33. The third kappa shape index (κ3) is 3.55. The molecule has 2 unspecified atom stereocenters. The van der Waals surface area contributed by atoms with E-state index in [2.05, 4.69) is 11.8 Å². The number of hydrogen-bond donors (Lipinski definition) is 1. The van der Waals surface area contributed by atoms with Crippen LogP contribution in [0.5, 0.6) is 0 Å². The molecule has 0 amide bonds. The van der Waals surface area contributed by atoms with Gasteiger partial charge in [-0.05, 0) is 30.9 Å². The fraction of sp³-hybridized carbons (Fsp3) is 0.600. The van der Waals surface area contributed by atoms with Crippen LogP contribution >= 0.6 is 0 Å². The average Bonchev–Trinajstić information content (AvgIpc) is 2.48. The van der Waals surface area contributed by atoms with E-state index in [-0.39, 0.29) is 10.6 Å². The first kappa shape index (κ1) is 14.9. The Kier molecular flexibility index (Phi) is 5.09. The van der Waals surface area contributed by atoms with Crippen LogP contribution in [0, 0.1) is 16.0 Å². The second-order valence-corrected chi connectivity index (χ2v) is 5.58. The summed E-state index contributed by atoms with van der Waals surface area (Å²) in [5.41, 5.74) is 7.16. The molecule has 2 N–H and O–H groups in total. The molecule has 1 fully saturated rings. The van der Waals surface area contributed by atoms with Crippen molar-refractivity contribution in [2.75, 3.05) is 13.1 Å². The molecule has 1 aromatic rings. The Morgan fingerprint density at radius 3 is 2.65 bits per heavy atom. The Morgan fingerprint density at radius 1 is 1.40 bits per heavy atom. The van der Waals surface area contributed by atoms with Gasteiger partial charge < -0.3 is 5.73 Å². The highest BCUT2D eigenvalue weighted by Crippen LogP contribution is 2.26. The zero-order valence-electron chi connectivity index (χ0n) is 12.0. The van der Waals surface area contributed by atoms with Gasteiger partial charge in [0.2, 0.25) is 0 Å². The van der Waals surface area contributed by atoms with Gasteiger partial charge in [-0.15, -0.1) is 0 Å². The number of benzene rings is 1. The molecule has 2 atom stereocenters. The summed E-state index contributed by atoms with van der Waals surface area (Å²) < 4.78 is 0. The summed E-state index contributed by atoms with van der Waals surface area (Å²) in [5.74, 6) is 0.789. The maximum Gasteiger partial charge on any atom is 0.269 e. The summed E-state index contributed by atoms with van der Waals surface area (Å²) >= 11 is 0. The smallest absolute Gasteiger partial charge is 0.269 e. The molecule has 110 valence electrons. The number of nitro benzene ring substituents is 1. The van der Waals surface area contributed by atoms with Crippen LogP contribution in [0.4, 0.5) is 5.69 Å². The zero-order chi connectivity index (χ0) is 14.5. The van der Waals surface area contributed by atoms with E-state index in [1.165, 1.54) is 19.3 Å². The maximum atomic E-state index is 10.6. The molecular weight excluding hydrogens is 254 g/mol. The van der Waals surface area contributed by atoms with Crippen LogP contribution in [0.15, 0.2) is 24.3 Å². The molecular formula is C15H23N3O2. The highest BCUT2D eigenvalue weighted by molar-refractivity contribution is 5.32. The number of nitro groups is 1. The lowest BCUT2D eigenvalue weighted by atomic mass is 9.88. The summed E-state index contributed by atoms with van der Waals surface area (Å²) in [4.78, 5) is 12.7.